The van der Waals surface area contributed by atoms with Gasteiger partial charge in [0.25, 0.3) is 5.91 Å². The molecule has 154 valence electrons. The molecule has 8 nitrogen and oxygen atoms in total. The second-order valence-corrected chi connectivity index (χ2v) is 8.81. The Morgan fingerprint density at radius 2 is 2.00 bits per heavy atom. The fourth-order valence-electron chi connectivity index (χ4n) is 5.63. The molecule has 5 rings (SSSR count). The molecule has 2 N–H and O–H groups in total. The Morgan fingerprint density at radius 1 is 1.21 bits per heavy atom. The van der Waals surface area contributed by atoms with Crippen molar-refractivity contribution in [2.75, 3.05) is 31.9 Å². The number of hydrogen-bond donors (Lipinski definition) is 1. The number of carbonyl (C=O) groups excluding carboxylic acids is 1. The van der Waals surface area contributed by atoms with Crippen LogP contribution in [0.3, 0.4) is 0 Å². The quantitative estimate of drug-likeness (QED) is 0.848. The predicted octanol–water partition coefficient (Wildman–Crippen LogP) is 1.58. The van der Waals surface area contributed by atoms with Crippen LogP contribution < -0.4 is 5.73 Å². The molecule has 1 atom stereocenters. The number of anilines is 1. The fourth-order valence-corrected chi connectivity index (χ4v) is 5.63. The molecule has 4 heterocycles. The molecule has 2 fully saturated rings. The first-order valence-electron chi connectivity index (χ1n) is 10.7. The molecule has 8 heteroatoms. The average Bonchev–Trinajstić information content (AvgIpc) is 3.45. The molecule has 0 aromatic carbocycles. The Kier molecular flexibility index (Phi) is 4.53. The zero-order valence-electron chi connectivity index (χ0n) is 17.0. The average molecular weight is 396 g/mol. The smallest absolute Gasteiger partial charge is 0.277 e. The van der Waals surface area contributed by atoms with E-state index in [0.717, 1.165) is 44.1 Å². The lowest BCUT2D eigenvalue weighted by molar-refractivity contribution is 0.0410. The van der Waals surface area contributed by atoms with Gasteiger partial charge in [0.05, 0.1) is 12.0 Å². The highest BCUT2D eigenvalue weighted by Crippen LogP contribution is 2.43. The van der Waals surface area contributed by atoms with Crippen LogP contribution in [0, 0.1) is 5.92 Å². The summed E-state index contributed by atoms with van der Waals surface area (Å²) in [7, 11) is 2.04. The molecule has 0 bridgehead atoms. The number of aromatic nitrogens is 4. The highest BCUT2D eigenvalue weighted by molar-refractivity contribution is 5.97. The number of likely N-dealkylation sites (tertiary alicyclic amines) is 1. The summed E-state index contributed by atoms with van der Waals surface area (Å²) in [4.78, 5) is 31.2. The van der Waals surface area contributed by atoms with Crippen LogP contribution in [0.1, 0.15) is 54.0 Å². The van der Waals surface area contributed by atoms with Gasteiger partial charge in [0.2, 0.25) is 0 Å². The summed E-state index contributed by atoms with van der Waals surface area (Å²) in [5.74, 6) is 0.853. The van der Waals surface area contributed by atoms with Crippen LogP contribution in [0.4, 0.5) is 5.82 Å². The molecule has 2 aromatic heterocycles. The number of imidazole rings is 1. The third-order valence-corrected chi connectivity index (χ3v) is 7.08. The van der Waals surface area contributed by atoms with E-state index in [1.165, 1.54) is 43.8 Å². The van der Waals surface area contributed by atoms with E-state index in [9.17, 15) is 4.79 Å². The van der Waals surface area contributed by atoms with Gasteiger partial charge < -0.3 is 20.1 Å². The van der Waals surface area contributed by atoms with E-state index < -0.39 is 5.54 Å². The van der Waals surface area contributed by atoms with Crippen LogP contribution in [0.2, 0.25) is 0 Å². The summed E-state index contributed by atoms with van der Waals surface area (Å²) >= 11 is 0. The third kappa shape index (κ3) is 3.01. The van der Waals surface area contributed by atoms with Crippen molar-refractivity contribution >= 4 is 11.7 Å². The van der Waals surface area contributed by atoms with Crippen LogP contribution in [0.25, 0.3) is 0 Å². The van der Waals surface area contributed by atoms with Crippen molar-refractivity contribution in [3.8, 4) is 0 Å². The lowest BCUT2D eigenvalue weighted by atomic mass is 9.85. The van der Waals surface area contributed by atoms with Gasteiger partial charge >= 0.3 is 0 Å². The summed E-state index contributed by atoms with van der Waals surface area (Å²) in [5, 5.41) is 0. The number of amides is 1. The Balaban J connectivity index is 1.49. The molecular weight excluding hydrogens is 366 g/mol. The Morgan fingerprint density at radius 3 is 2.79 bits per heavy atom. The number of aryl methyl sites for hydroxylation is 1. The number of fused-ring (bicyclic) bond motifs is 2. The standard InChI is InChI=1S/C21H29N7O/c1-26-14-25-18-16(26)6-10-28(20(29)17-19(22)24-9-8-23-17)21(18)7-11-27(13-21)12-15-4-2-3-5-15/h8-9,14-15H,2-7,10-13H2,1H3,(H2,22,24). The number of rotatable bonds is 3. The molecule has 3 aliphatic rings. The van der Waals surface area contributed by atoms with Crippen molar-refractivity contribution in [2.45, 2.75) is 44.1 Å². The Labute approximate surface area is 171 Å². The zero-order chi connectivity index (χ0) is 20.0. The summed E-state index contributed by atoms with van der Waals surface area (Å²) in [6.45, 7) is 3.60. The summed E-state index contributed by atoms with van der Waals surface area (Å²) in [5.41, 5.74) is 8.13. The Hall–Kier alpha value is -2.48. The predicted molar refractivity (Wildman–Crippen MR) is 109 cm³/mol. The third-order valence-electron chi connectivity index (χ3n) is 7.08. The first kappa shape index (κ1) is 18.5. The minimum atomic E-state index is -0.408. The van der Waals surface area contributed by atoms with Crippen LogP contribution in [0.5, 0.6) is 0 Å². The van der Waals surface area contributed by atoms with Gasteiger partial charge in [0.15, 0.2) is 11.5 Å². The summed E-state index contributed by atoms with van der Waals surface area (Å²) < 4.78 is 2.11. The molecule has 2 aliphatic heterocycles. The largest absolute Gasteiger partial charge is 0.382 e. The van der Waals surface area contributed by atoms with Crippen molar-refractivity contribution in [2.24, 2.45) is 13.0 Å². The summed E-state index contributed by atoms with van der Waals surface area (Å²) in [6, 6.07) is 0. The van der Waals surface area contributed by atoms with Gasteiger partial charge in [-0.1, -0.05) is 12.8 Å². The van der Waals surface area contributed by atoms with Gasteiger partial charge in [-0.2, -0.15) is 0 Å². The number of carbonyl (C=O) groups is 1. The van der Waals surface area contributed by atoms with Gasteiger partial charge in [-0.3, -0.25) is 4.79 Å². The van der Waals surface area contributed by atoms with E-state index in [1.807, 2.05) is 18.3 Å². The van der Waals surface area contributed by atoms with E-state index in [-0.39, 0.29) is 17.4 Å². The molecule has 1 aliphatic carbocycles. The van der Waals surface area contributed by atoms with E-state index in [0.29, 0.717) is 6.54 Å². The van der Waals surface area contributed by atoms with Gasteiger partial charge in [-0.25, -0.2) is 15.0 Å². The topological polar surface area (TPSA) is 93.2 Å². The molecule has 1 unspecified atom stereocenters. The van der Waals surface area contributed by atoms with E-state index >= 15 is 0 Å². The van der Waals surface area contributed by atoms with Crippen molar-refractivity contribution < 1.29 is 4.79 Å². The van der Waals surface area contributed by atoms with Gasteiger partial charge in [0, 0.05) is 57.7 Å². The summed E-state index contributed by atoms with van der Waals surface area (Å²) in [6.07, 6.45) is 12.0. The van der Waals surface area contributed by atoms with Crippen LogP contribution >= 0.6 is 0 Å². The van der Waals surface area contributed by atoms with Gasteiger partial charge in [-0.15, -0.1) is 0 Å². The van der Waals surface area contributed by atoms with Crippen molar-refractivity contribution in [1.82, 2.24) is 29.3 Å². The number of nitrogens with zero attached hydrogens (tertiary/aromatic N) is 6. The lowest BCUT2D eigenvalue weighted by Gasteiger charge is -2.44. The van der Waals surface area contributed by atoms with Gasteiger partial charge in [0.1, 0.15) is 5.54 Å². The second-order valence-electron chi connectivity index (χ2n) is 8.81. The maximum atomic E-state index is 13.5. The number of nitrogens with two attached hydrogens (primary N) is 1. The molecule has 1 amide bonds. The van der Waals surface area contributed by atoms with Crippen LogP contribution in [0.15, 0.2) is 18.7 Å². The first-order valence-corrected chi connectivity index (χ1v) is 10.7. The lowest BCUT2D eigenvalue weighted by Crippen LogP contribution is -2.55. The molecule has 29 heavy (non-hydrogen) atoms. The Bertz CT molecular complexity index is 920. The monoisotopic (exact) mass is 395 g/mol. The maximum Gasteiger partial charge on any atom is 0.277 e. The molecular formula is C21H29N7O. The van der Waals surface area contributed by atoms with E-state index in [4.69, 9.17) is 10.7 Å². The van der Waals surface area contributed by atoms with Crippen LogP contribution in [-0.2, 0) is 19.0 Å². The number of hydrogen-bond acceptors (Lipinski definition) is 6. The molecule has 1 saturated heterocycles. The van der Waals surface area contributed by atoms with Crippen molar-refractivity contribution in [1.29, 1.82) is 0 Å². The molecule has 2 aromatic rings. The second kappa shape index (κ2) is 7.09. The van der Waals surface area contributed by atoms with E-state index in [2.05, 4.69) is 19.4 Å². The highest BCUT2D eigenvalue weighted by atomic mass is 16.2. The SMILES string of the molecule is Cn1cnc2c1CCN(C(=O)c1nccnc1N)C21CCN(CC2CCCC2)C1. The van der Waals surface area contributed by atoms with Gasteiger partial charge in [-0.05, 0) is 25.2 Å². The normalized spacial score (nSPS) is 25.1. The fraction of sp³-hybridized carbons (Fsp3) is 0.619. The zero-order valence-corrected chi connectivity index (χ0v) is 17.0. The number of nitrogen functional groups attached to an aromatic ring is 1. The van der Waals surface area contributed by atoms with Crippen molar-refractivity contribution in [3.63, 3.8) is 0 Å². The van der Waals surface area contributed by atoms with E-state index in [1.54, 1.807) is 0 Å². The van der Waals surface area contributed by atoms with Crippen LogP contribution in [-0.4, -0.2) is 61.4 Å². The highest BCUT2D eigenvalue weighted by Gasteiger charge is 2.52. The van der Waals surface area contributed by atoms with Crippen molar-refractivity contribution in [3.05, 3.63) is 35.8 Å². The molecule has 1 saturated carbocycles. The minimum Gasteiger partial charge on any atom is -0.382 e. The maximum absolute atomic E-state index is 13.5. The first-order chi connectivity index (χ1) is 14.1. The minimum absolute atomic E-state index is 0.130. The molecule has 1 spiro atoms. The molecule has 0 radical (unpaired) electrons.